The summed E-state index contributed by atoms with van der Waals surface area (Å²) in [6.45, 7) is 2.50. The van der Waals surface area contributed by atoms with E-state index in [9.17, 15) is 18.0 Å². The van der Waals surface area contributed by atoms with E-state index in [0.29, 0.717) is 6.54 Å². The molecule has 0 unspecified atom stereocenters. The average molecular weight is 425 g/mol. The molecule has 1 aromatic rings. The number of hydrogen-bond donors (Lipinski definition) is 1. The minimum absolute atomic E-state index is 0.0724. The highest BCUT2D eigenvalue weighted by molar-refractivity contribution is 7.89. The topological polar surface area (TPSA) is 102 Å². The zero-order valence-corrected chi connectivity index (χ0v) is 16.3. The second kappa shape index (κ2) is 9.01. The summed E-state index contributed by atoms with van der Waals surface area (Å²) in [5.41, 5.74) is -0.188. The fraction of sp³-hybridized carbons (Fsp3) is 0.467. The smallest absolute Gasteiger partial charge is 0.340 e. The first-order valence-electron chi connectivity index (χ1n) is 7.78. The number of rotatable bonds is 6. The van der Waals surface area contributed by atoms with Crippen LogP contribution in [0.25, 0.3) is 0 Å². The first-order valence-corrected chi connectivity index (χ1v) is 9.97. The molecule has 1 saturated heterocycles. The fourth-order valence-electron chi connectivity index (χ4n) is 2.27. The molecule has 1 amide bonds. The molecule has 0 aromatic heterocycles. The molecule has 144 valence electrons. The summed E-state index contributed by atoms with van der Waals surface area (Å²) in [6.07, 6.45) is 0. The molecule has 0 bridgehead atoms. The van der Waals surface area contributed by atoms with Gasteiger partial charge in [-0.05, 0) is 19.1 Å². The molecule has 0 spiro atoms. The number of hydrogen-bond acceptors (Lipinski definition) is 6. The van der Waals surface area contributed by atoms with E-state index in [-0.39, 0.29) is 46.8 Å². The monoisotopic (exact) mass is 424 g/mol. The minimum atomic E-state index is -3.93. The van der Waals surface area contributed by atoms with Gasteiger partial charge in [-0.25, -0.2) is 13.2 Å². The largest absolute Gasteiger partial charge is 0.452 e. The van der Waals surface area contributed by atoms with Gasteiger partial charge in [-0.1, -0.05) is 23.2 Å². The highest BCUT2D eigenvalue weighted by Crippen LogP contribution is 2.31. The van der Waals surface area contributed by atoms with Gasteiger partial charge in [-0.3, -0.25) is 4.79 Å². The molecular formula is C15H18Cl2N2O6S. The van der Waals surface area contributed by atoms with Gasteiger partial charge < -0.3 is 14.8 Å². The van der Waals surface area contributed by atoms with E-state index in [2.05, 4.69) is 5.32 Å². The number of benzene rings is 1. The molecule has 1 N–H and O–H groups in total. The third kappa shape index (κ3) is 4.86. The predicted octanol–water partition coefficient (Wildman–Crippen LogP) is 1.31. The van der Waals surface area contributed by atoms with Crippen LogP contribution in [-0.4, -0.2) is 64.1 Å². The first kappa shape index (κ1) is 20.9. The summed E-state index contributed by atoms with van der Waals surface area (Å²) in [5.74, 6) is -1.40. The highest BCUT2D eigenvalue weighted by atomic mass is 35.5. The summed E-state index contributed by atoms with van der Waals surface area (Å²) in [6, 6.07) is 2.23. The van der Waals surface area contributed by atoms with Crippen molar-refractivity contribution in [3.8, 4) is 0 Å². The van der Waals surface area contributed by atoms with E-state index in [1.807, 2.05) is 0 Å². The highest BCUT2D eigenvalue weighted by Gasteiger charge is 2.30. The molecule has 2 rings (SSSR count). The zero-order chi connectivity index (χ0) is 19.3. The molecule has 1 aliphatic heterocycles. The van der Waals surface area contributed by atoms with Gasteiger partial charge in [0.15, 0.2) is 6.61 Å². The van der Waals surface area contributed by atoms with Gasteiger partial charge in [0.1, 0.15) is 4.90 Å². The van der Waals surface area contributed by atoms with Gasteiger partial charge in [0, 0.05) is 19.6 Å². The molecule has 1 heterocycles. The van der Waals surface area contributed by atoms with Crippen molar-refractivity contribution in [2.24, 2.45) is 0 Å². The Labute approximate surface area is 161 Å². The van der Waals surface area contributed by atoms with Crippen LogP contribution in [-0.2, 0) is 24.3 Å². The Bertz CT molecular complexity index is 794. The summed E-state index contributed by atoms with van der Waals surface area (Å²) in [4.78, 5) is 23.3. The molecule has 0 atom stereocenters. The Balaban J connectivity index is 2.28. The number of carbonyl (C=O) groups is 2. The Morgan fingerprint density at radius 1 is 1.23 bits per heavy atom. The van der Waals surface area contributed by atoms with Gasteiger partial charge in [-0.2, -0.15) is 4.31 Å². The van der Waals surface area contributed by atoms with Crippen LogP contribution in [0.2, 0.25) is 10.0 Å². The van der Waals surface area contributed by atoms with Crippen molar-refractivity contribution < 1.29 is 27.5 Å². The number of ether oxygens (including phenoxy) is 2. The molecule has 1 fully saturated rings. The Morgan fingerprint density at radius 3 is 2.50 bits per heavy atom. The van der Waals surface area contributed by atoms with Crippen LogP contribution in [0.4, 0.5) is 0 Å². The molecule has 0 saturated carbocycles. The lowest BCUT2D eigenvalue weighted by Gasteiger charge is -2.26. The quantitative estimate of drug-likeness (QED) is 0.690. The van der Waals surface area contributed by atoms with E-state index < -0.39 is 28.5 Å². The summed E-state index contributed by atoms with van der Waals surface area (Å²) < 4.78 is 36.8. The van der Waals surface area contributed by atoms with Crippen LogP contribution < -0.4 is 5.32 Å². The van der Waals surface area contributed by atoms with Gasteiger partial charge in [0.05, 0.1) is 28.8 Å². The second-order valence-electron chi connectivity index (χ2n) is 5.31. The molecule has 1 aliphatic rings. The zero-order valence-electron chi connectivity index (χ0n) is 14.0. The van der Waals surface area contributed by atoms with Crippen molar-refractivity contribution in [1.82, 2.24) is 9.62 Å². The molecule has 11 heteroatoms. The van der Waals surface area contributed by atoms with Crippen molar-refractivity contribution >= 4 is 45.1 Å². The molecule has 0 radical (unpaired) electrons. The number of esters is 1. The lowest BCUT2D eigenvalue weighted by Crippen LogP contribution is -2.40. The predicted molar refractivity (Wildman–Crippen MR) is 95.0 cm³/mol. The summed E-state index contributed by atoms with van der Waals surface area (Å²) in [5, 5.41) is 2.29. The van der Waals surface area contributed by atoms with E-state index in [0.717, 1.165) is 6.07 Å². The standard InChI is InChI=1S/C15H18Cl2N2O6S/c1-2-18-14(20)9-25-15(21)10-7-13(12(17)8-11(10)16)26(22,23)19-3-5-24-6-4-19/h7-8H,2-6,9H2,1H3,(H,18,20). The van der Waals surface area contributed by atoms with Gasteiger partial charge >= 0.3 is 5.97 Å². The second-order valence-corrected chi connectivity index (χ2v) is 8.03. The van der Waals surface area contributed by atoms with Gasteiger partial charge in [-0.15, -0.1) is 0 Å². The van der Waals surface area contributed by atoms with Gasteiger partial charge in [0.2, 0.25) is 10.0 Å². The number of nitrogens with one attached hydrogen (secondary N) is 1. The molecular weight excluding hydrogens is 407 g/mol. The van der Waals surface area contributed by atoms with Crippen LogP contribution in [0.15, 0.2) is 17.0 Å². The third-order valence-corrected chi connectivity index (χ3v) is 6.21. The number of amides is 1. The number of morpholine rings is 1. The molecule has 0 aliphatic carbocycles. The fourth-order valence-corrected chi connectivity index (χ4v) is 4.50. The molecule has 8 nitrogen and oxygen atoms in total. The number of likely N-dealkylation sites (N-methyl/N-ethyl adjacent to an activating group) is 1. The van der Waals surface area contributed by atoms with E-state index in [4.69, 9.17) is 32.7 Å². The first-order chi connectivity index (χ1) is 12.3. The Morgan fingerprint density at radius 2 is 1.88 bits per heavy atom. The third-order valence-electron chi connectivity index (χ3n) is 3.54. The lowest BCUT2D eigenvalue weighted by molar-refractivity contribution is -0.124. The summed E-state index contributed by atoms with van der Waals surface area (Å²) in [7, 11) is -3.93. The normalized spacial score (nSPS) is 15.5. The van der Waals surface area contributed by atoms with E-state index >= 15 is 0 Å². The maximum Gasteiger partial charge on any atom is 0.340 e. The van der Waals surface area contributed by atoms with Crippen LogP contribution in [0.5, 0.6) is 0 Å². The minimum Gasteiger partial charge on any atom is -0.452 e. The van der Waals surface area contributed by atoms with Crippen molar-refractivity contribution in [1.29, 1.82) is 0 Å². The Kier molecular flexibility index (Phi) is 7.24. The maximum atomic E-state index is 12.8. The van der Waals surface area contributed by atoms with Crippen LogP contribution in [0, 0.1) is 0 Å². The molecule has 1 aromatic carbocycles. The SMILES string of the molecule is CCNC(=O)COC(=O)c1cc(S(=O)(=O)N2CCOCC2)c(Cl)cc1Cl. The molecule has 26 heavy (non-hydrogen) atoms. The van der Waals surface area contributed by atoms with Crippen LogP contribution in [0.3, 0.4) is 0 Å². The Hall–Kier alpha value is -1.39. The average Bonchev–Trinajstić information content (AvgIpc) is 2.60. The van der Waals surface area contributed by atoms with Crippen molar-refractivity contribution in [2.75, 3.05) is 39.5 Å². The number of nitrogens with zero attached hydrogens (tertiary/aromatic N) is 1. The van der Waals surface area contributed by atoms with Crippen molar-refractivity contribution in [3.63, 3.8) is 0 Å². The maximum absolute atomic E-state index is 12.8. The van der Waals surface area contributed by atoms with Crippen molar-refractivity contribution in [2.45, 2.75) is 11.8 Å². The number of sulfonamides is 1. The lowest BCUT2D eigenvalue weighted by atomic mass is 10.2. The van der Waals surface area contributed by atoms with Crippen molar-refractivity contribution in [3.05, 3.63) is 27.7 Å². The van der Waals surface area contributed by atoms with E-state index in [1.54, 1.807) is 6.92 Å². The van der Waals surface area contributed by atoms with E-state index in [1.165, 1.54) is 10.4 Å². The van der Waals surface area contributed by atoms with Gasteiger partial charge in [0.25, 0.3) is 5.91 Å². The summed E-state index contributed by atoms with van der Waals surface area (Å²) >= 11 is 12.0. The van der Waals surface area contributed by atoms with Crippen LogP contribution in [0.1, 0.15) is 17.3 Å². The number of carbonyl (C=O) groups excluding carboxylic acids is 2. The van der Waals surface area contributed by atoms with Crippen LogP contribution >= 0.6 is 23.2 Å². The number of halogens is 2.